The number of hydrogen-bond donors (Lipinski definition) is 2. The van der Waals surface area contributed by atoms with Crippen molar-refractivity contribution in [1.29, 1.82) is 0 Å². The number of ether oxygens (including phenoxy) is 2. The number of carbonyl (C=O) groups is 6. The maximum atomic E-state index is 13.0. The van der Waals surface area contributed by atoms with Gasteiger partial charge in [0.1, 0.15) is 0 Å². The maximum Gasteiger partial charge on any atom is 0.346 e. The summed E-state index contributed by atoms with van der Waals surface area (Å²) in [5.41, 5.74) is 6.07. The molecule has 2 fully saturated rings. The number of anilines is 2. The van der Waals surface area contributed by atoms with E-state index in [0.29, 0.717) is 11.4 Å². The molecule has 0 radical (unpaired) electrons. The molecule has 3 aromatic carbocycles. The smallest absolute Gasteiger partial charge is 0.346 e. The Morgan fingerprint density at radius 3 is 1.26 bits per heavy atom. The molecule has 3 aromatic rings. The summed E-state index contributed by atoms with van der Waals surface area (Å²) in [5.74, 6) is -8.52. The largest absolute Gasteiger partial charge is 0.389 e. The molecule has 2 saturated heterocycles. The van der Waals surface area contributed by atoms with Gasteiger partial charge in [-0.05, 0) is 50.2 Å². The van der Waals surface area contributed by atoms with E-state index in [2.05, 4.69) is 10.9 Å². The van der Waals surface area contributed by atoms with Crippen molar-refractivity contribution in [1.82, 2.24) is 10.9 Å². The zero-order chi connectivity index (χ0) is 30.0. The molecule has 0 saturated carbocycles. The third kappa shape index (κ3) is 5.40. The lowest BCUT2D eigenvalue weighted by Crippen LogP contribution is -2.36. The van der Waals surface area contributed by atoms with Gasteiger partial charge in [0.2, 0.25) is 0 Å². The minimum Gasteiger partial charge on any atom is -0.389 e. The summed E-state index contributed by atoms with van der Waals surface area (Å²) in [6.45, 7) is 3.18. The highest BCUT2D eigenvalue weighted by atomic mass is 16.6. The Morgan fingerprint density at radius 2 is 0.905 bits per heavy atom. The molecule has 4 unspecified atom stereocenters. The summed E-state index contributed by atoms with van der Waals surface area (Å²) >= 11 is 0. The molecule has 2 aliphatic rings. The Hall–Kier alpha value is -5.20. The highest BCUT2D eigenvalue weighted by Gasteiger charge is 2.46. The Labute approximate surface area is 240 Å². The van der Waals surface area contributed by atoms with Gasteiger partial charge in [0.25, 0.3) is 11.8 Å². The Kier molecular flexibility index (Phi) is 7.91. The molecule has 0 aliphatic carbocycles. The summed E-state index contributed by atoms with van der Waals surface area (Å²) in [4.78, 5) is 77.8. The Balaban J connectivity index is 1.27. The number of nitrogens with one attached hydrogen (secondary N) is 2. The molecule has 4 atom stereocenters. The highest BCUT2D eigenvalue weighted by Crippen LogP contribution is 2.26. The van der Waals surface area contributed by atoms with Crippen LogP contribution >= 0.6 is 0 Å². The second kappa shape index (κ2) is 11.7. The number of amides is 2. The van der Waals surface area contributed by atoms with E-state index >= 15 is 0 Å². The van der Waals surface area contributed by atoms with Gasteiger partial charge < -0.3 is 9.47 Å². The first-order valence-electron chi connectivity index (χ1n) is 13.1. The number of nitrogens with zero attached hydrogens (tertiary/aromatic N) is 2. The fourth-order valence-corrected chi connectivity index (χ4v) is 4.82. The number of benzene rings is 3. The standard InChI is InChI=1S/C30H26N4O8/c1-17-23(25(35)33(31-17)19-11-5-3-6-12-19)29(39)41-27(37)21-15-9-10-16-22(21)28(38)42-30(40)24-18(2)32-34(26(24)36)20-13-7-4-8-14-20/h3-18,23-24,31-32H,1-2H3. The van der Waals surface area contributed by atoms with Gasteiger partial charge in [-0.3, -0.25) is 19.2 Å². The van der Waals surface area contributed by atoms with E-state index in [1.807, 2.05) is 0 Å². The molecule has 0 bridgehead atoms. The molecule has 0 spiro atoms. The van der Waals surface area contributed by atoms with Crippen LogP contribution in [0, 0.1) is 11.8 Å². The van der Waals surface area contributed by atoms with Crippen molar-refractivity contribution < 1.29 is 38.2 Å². The quantitative estimate of drug-likeness (QED) is 0.333. The van der Waals surface area contributed by atoms with Gasteiger partial charge in [0.05, 0.1) is 22.5 Å². The van der Waals surface area contributed by atoms with Crippen LogP contribution in [0.5, 0.6) is 0 Å². The number of rotatable bonds is 6. The van der Waals surface area contributed by atoms with Crippen LogP contribution in [-0.4, -0.2) is 47.8 Å². The second-order valence-electron chi connectivity index (χ2n) is 9.77. The van der Waals surface area contributed by atoms with Crippen molar-refractivity contribution >= 4 is 47.1 Å². The van der Waals surface area contributed by atoms with E-state index in [9.17, 15) is 28.8 Å². The van der Waals surface area contributed by atoms with Gasteiger partial charge in [-0.15, -0.1) is 0 Å². The topological polar surface area (TPSA) is 151 Å². The number of esters is 4. The fourth-order valence-electron chi connectivity index (χ4n) is 4.82. The molecule has 214 valence electrons. The van der Waals surface area contributed by atoms with Gasteiger partial charge in [0.15, 0.2) is 11.8 Å². The number of para-hydroxylation sites is 2. The van der Waals surface area contributed by atoms with E-state index in [-0.39, 0.29) is 11.1 Å². The van der Waals surface area contributed by atoms with Crippen molar-refractivity contribution in [2.75, 3.05) is 10.0 Å². The number of carbonyl (C=O) groups excluding carboxylic acids is 6. The highest BCUT2D eigenvalue weighted by molar-refractivity contribution is 6.15. The van der Waals surface area contributed by atoms with Crippen molar-refractivity contribution in [3.8, 4) is 0 Å². The average Bonchev–Trinajstić information content (AvgIpc) is 3.47. The van der Waals surface area contributed by atoms with Crippen LogP contribution < -0.4 is 20.9 Å². The normalized spacial score (nSPS) is 21.8. The first-order chi connectivity index (χ1) is 20.2. The molecule has 12 heteroatoms. The van der Waals surface area contributed by atoms with Crippen molar-refractivity contribution in [3.05, 3.63) is 96.1 Å². The second-order valence-corrected chi connectivity index (χ2v) is 9.77. The molecular weight excluding hydrogens is 544 g/mol. The maximum absolute atomic E-state index is 13.0. The number of hydrogen-bond acceptors (Lipinski definition) is 10. The minimum absolute atomic E-state index is 0.357. The third-order valence-electron chi connectivity index (χ3n) is 6.93. The lowest BCUT2D eigenvalue weighted by Gasteiger charge is -2.16. The molecule has 42 heavy (non-hydrogen) atoms. The van der Waals surface area contributed by atoms with Gasteiger partial charge in [-0.2, -0.15) is 0 Å². The molecular formula is C30H26N4O8. The molecule has 12 nitrogen and oxygen atoms in total. The summed E-state index contributed by atoms with van der Waals surface area (Å²) in [6, 6.07) is 21.1. The van der Waals surface area contributed by atoms with E-state index in [1.54, 1.807) is 74.5 Å². The summed E-state index contributed by atoms with van der Waals surface area (Å²) in [7, 11) is 0. The van der Waals surface area contributed by atoms with Gasteiger partial charge in [-0.1, -0.05) is 48.5 Å². The number of hydrazine groups is 2. The van der Waals surface area contributed by atoms with Crippen molar-refractivity contribution in [3.63, 3.8) is 0 Å². The molecule has 5 rings (SSSR count). The molecule has 2 heterocycles. The van der Waals surface area contributed by atoms with Crippen LogP contribution in [0.2, 0.25) is 0 Å². The van der Waals surface area contributed by atoms with E-state index < -0.39 is 59.6 Å². The van der Waals surface area contributed by atoms with Crippen LogP contribution in [0.4, 0.5) is 11.4 Å². The minimum atomic E-state index is -1.33. The van der Waals surface area contributed by atoms with Gasteiger partial charge in [-0.25, -0.2) is 30.5 Å². The van der Waals surface area contributed by atoms with Crippen LogP contribution in [0.25, 0.3) is 0 Å². The SMILES string of the molecule is CC1NN(c2ccccc2)C(=O)C1C(=O)OC(=O)c1ccccc1C(=O)OC(=O)C1C(=O)N(c2ccccc2)NC1C. The molecule has 0 aromatic heterocycles. The van der Waals surface area contributed by atoms with Crippen LogP contribution in [0.3, 0.4) is 0 Å². The van der Waals surface area contributed by atoms with Crippen LogP contribution in [-0.2, 0) is 28.7 Å². The Bertz CT molecular complexity index is 1450. The zero-order valence-electron chi connectivity index (χ0n) is 22.6. The lowest BCUT2D eigenvalue weighted by atomic mass is 10.0. The monoisotopic (exact) mass is 570 g/mol. The average molecular weight is 571 g/mol. The van der Waals surface area contributed by atoms with E-state index in [1.165, 1.54) is 34.3 Å². The van der Waals surface area contributed by atoms with Crippen molar-refractivity contribution in [2.45, 2.75) is 25.9 Å². The summed E-state index contributed by atoms with van der Waals surface area (Å²) in [6.07, 6.45) is 0. The molecule has 2 N–H and O–H groups in total. The predicted octanol–water partition coefficient (Wildman–Crippen LogP) is 2.17. The van der Waals surface area contributed by atoms with Crippen LogP contribution in [0.15, 0.2) is 84.9 Å². The van der Waals surface area contributed by atoms with E-state index in [4.69, 9.17) is 9.47 Å². The summed E-state index contributed by atoms with van der Waals surface area (Å²) in [5, 5.41) is 2.41. The van der Waals surface area contributed by atoms with E-state index in [0.717, 1.165) is 0 Å². The first-order valence-corrected chi connectivity index (χ1v) is 13.1. The first kappa shape index (κ1) is 28.3. The van der Waals surface area contributed by atoms with Crippen molar-refractivity contribution in [2.24, 2.45) is 11.8 Å². The van der Waals surface area contributed by atoms with Gasteiger partial charge in [0, 0.05) is 12.1 Å². The van der Waals surface area contributed by atoms with Gasteiger partial charge >= 0.3 is 23.9 Å². The van der Waals surface area contributed by atoms with Crippen LogP contribution in [0.1, 0.15) is 34.6 Å². The zero-order valence-corrected chi connectivity index (χ0v) is 22.6. The predicted molar refractivity (Wildman–Crippen MR) is 147 cm³/mol. The fraction of sp³-hybridized carbons (Fsp3) is 0.200. The molecule has 2 aliphatic heterocycles. The summed E-state index contributed by atoms with van der Waals surface area (Å²) < 4.78 is 10.0. The molecule has 2 amide bonds. The third-order valence-corrected chi connectivity index (χ3v) is 6.93. The Morgan fingerprint density at radius 1 is 0.571 bits per heavy atom. The lowest BCUT2D eigenvalue weighted by molar-refractivity contribution is -0.148.